The maximum absolute atomic E-state index is 12.3. The van der Waals surface area contributed by atoms with Crippen LogP contribution in [0.1, 0.15) is 5.56 Å². The van der Waals surface area contributed by atoms with E-state index in [1.165, 1.54) is 6.20 Å². The zero-order valence-corrected chi connectivity index (χ0v) is 11.6. The number of rotatable bonds is 3. The van der Waals surface area contributed by atoms with E-state index in [2.05, 4.69) is 4.98 Å². The number of hydrogen-bond acceptors (Lipinski definition) is 5. The standard InChI is InChI=1S/C15H11N3O4/c1-10-6-2-3-7-11(10)22-14-13(18(20)21)15(19)17-9-5-4-8-12(17)16-14/h2-9H,1H3. The third kappa shape index (κ3) is 2.28. The number of benzene rings is 1. The summed E-state index contributed by atoms with van der Waals surface area (Å²) >= 11 is 0. The second kappa shape index (κ2) is 5.28. The SMILES string of the molecule is Cc1ccccc1Oc1nc2ccccn2c(=O)c1[N+](=O)[O-]. The molecule has 0 atom stereocenters. The van der Waals surface area contributed by atoms with Gasteiger partial charge in [-0.3, -0.25) is 19.3 Å². The highest BCUT2D eigenvalue weighted by Crippen LogP contribution is 2.28. The fraction of sp³-hybridized carbons (Fsp3) is 0.0667. The highest BCUT2D eigenvalue weighted by Gasteiger charge is 2.25. The zero-order valence-electron chi connectivity index (χ0n) is 11.6. The molecular weight excluding hydrogens is 286 g/mol. The van der Waals surface area contributed by atoms with Crippen LogP contribution in [0.5, 0.6) is 11.6 Å². The summed E-state index contributed by atoms with van der Waals surface area (Å²) in [5, 5.41) is 11.2. The average Bonchev–Trinajstić information content (AvgIpc) is 2.49. The van der Waals surface area contributed by atoms with Crippen molar-refractivity contribution < 1.29 is 9.66 Å². The Labute approximate surface area is 124 Å². The van der Waals surface area contributed by atoms with Crippen LogP contribution in [0.4, 0.5) is 5.69 Å². The summed E-state index contributed by atoms with van der Waals surface area (Å²) < 4.78 is 6.64. The molecule has 22 heavy (non-hydrogen) atoms. The van der Waals surface area contributed by atoms with E-state index in [-0.39, 0.29) is 11.5 Å². The number of nitrogens with zero attached hydrogens (tertiary/aromatic N) is 3. The van der Waals surface area contributed by atoms with Gasteiger partial charge in [-0.25, -0.2) is 0 Å². The van der Waals surface area contributed by atoms with Crippen molar-refractivity contribution in [2.45, 2.75) is 6.92 Å². The summed E-state index contributed by atoms with van der Waals surface area (Å²) in [5.41, 5.74) is -0.403. The average molecular weight is 297 g/mol. The molecule has 1 aromatic carbocycles. The van der Waals surface area contributed by atoms with Crippen molar-refractivity contribution >= 4 is 11.3 Å². The van der Waals surface area contributed by atoms with Gasteiger partial charge in [-0.15, -0.1) is 0 Å². The summed E-state index contributed by atoms with van der Waals surface area (Å²) in [5.74, 6) is 0.105. The molecule has 7 heteroatoms. The molecule has 2 aromatic heterocycles. The van der Waals surface area contributed by atoms with Crippen LogP contribution in [0, 0.1) is 17.0 Å². The smallest absolute Gasteiger partial charge is 0.396 e. The van der Waals surface area contributed by atoms with Crippen molar-refractivity contribution in [3.8, 4) is 11.6 Å². The molecule has 3 rings (SSSR count). The number of nitro groups is 1. The monoisotopic (exact) mass is 297 g/mol. The fourth-order valence-electron chi connectivity index (χ4n) is 2.06. The Bertz CT molecular complexity index is 933. The molecule has 0 aliphatic heterocycles. The number of ether oxygens (including phenoxy) is 1. The van der Waals surface area contributed by atoms with Crippen molar-refractivity contribution in [2.75, 3.05) is 0 Å². The molecule has 0 spiro atoms. The van der Waals surface area contributed by atoms with Gasteiger partial charge in [0, 0.05) is 6.20 Å². The van der Waals surface area contributed by atoms with E-state index in [0.717, 1.165) is 9.96 Å². The lowest BCUT2D eigenvalue weighted by molar-refractivity contribution is -0.387. The second-order valence-corrected chi connectivity index (χ2v) is 4.62. The number of pyridine rings is 1. The van der Waals surface area contributed by atoms with Crippen molar-refractivity contribution in [3.05, 3.63) is 74.7 Å². The number of para-hydroxylation sites is 1. The van der Waals surface area contributed by atoms with Crippen LogP contribution in [0.2, 0.25) is 0 Å². The van der Waals surface area contributed by atoms with E-state index in [1.54, 1.807) is 43.3 Å². The Hall–Kier alpha value is -3.22. The topological polar surface area (TPSA) is 86.7 Å². The Morgan fingerprint density at radius 3 is 2.64 bits per heavy atom. The van der Waals surface area contributed by atoms with Crippen molar-refractivity contribution in [1.82, 2.24) is 9.38 Å². The van der Waals surface area contributed by atoms with E-state index >= 15 is 0 Å². The highest BCUT2D eigenvalue weighted by atomic mass is 16.6. The second-order valence-electron chi connectivity index (χ2n) is 4.62. The maximum atomic E-state index is 12.3. The summed E-state index contributed by atoms with van der Waals surface area (Å²) in [4.78, 5) is 26.8. The quantitative estimate of drug-likeness (QED) is 0.548. The van der Waals surface area contributed by atoms with E-state index in [1.807, 2.05) is 6.07 Å². The number of aromatic nitrogens is 2. The molecule has 0 N–H and O–H groups in total. The van der Waals surface area contributed by atoms with Crippen LogP contribution >= 0.6 is 0 Å². The van der Waals surface area contributed by atoms with Gasteiger partial charge in [0.05, 0.1) is 4.92 Å². The summed E-state index contributed by atoms with van der Waals surface area (Å²) in [6.45, 7) is 1.80. The van der Waals surface area contributed by atoms with Crippen LogP contribution in [0.15, 0.2) is 53.5 Å². The van der Waals surface area contributed by atoms with Crippen LogP contribution in [-0.2, 0) is 0 Å². The highest BCUT2D eigenvalue weighted by molar-refractivity contribution is 5.50. The largest absolute Gasteiger partial charge is 0.433 e. The van der Waals surface area contributed by atoms with Crippen LogP contribution in [0.3, 0.4) is 0 Å². The molecular formula is C15H11N3O4. The minimum absolute atomic E-state index is 0.279. The van der Waals surface area contributed by atoms with Gasteiger partial charge in [0.25, 0.3) is 0 Å². The molecule has 0 saturated heterocycles. The summed E-state index contributed by atoms with van der Waals surface area (Å²) in [7, 11) is 0. The van der Waals surface area contributed by atoms with Crippen molar-refractivity contribution in [1.29, 1.82) is 0 Å². The van der Waals surface area contributed by atoms with Crippen molar-refractivity contribution in [3.63, 3.8) is 0 Å². The van der Waals surface area contributed by atoms with Gasteiger partial charge in [0.1, 0.15) is 11.4 Å². The lowest BCUT2D eigenvalue weighted by Crippen LogP contribution is -2.19. The Morgan fingerprint density at radius 2 is 1.91 bits per heavy atom. The van der Waals surface area contributed by atoms with E-state index in [4.69, 9.17) is 4.74 Å². The van der Waals surface area contributed by atoms with Gasteiger partial charge >= 0.3 is 17.1 Å². The molecule has 0 unspecified atom stereocenters. The third-order valence-electron chi connectivity index (χ3n) is 3.16. The molecule has 0 aliphatic carbocycles. The molecule has 0 saturated carbocycles. The lowest BCUT2D eigenvalue weighted by atomic mass is 10.2. The Morgan fingerprint density at radius 1 is 1.18 bits per heavy atom. The Balaban J connectivity index is 2.24. The normalized spacial score (nSPS) is 10.6. The van der Waals surface area contributed by atoms with E-state index in [9.17, 15) is 14.9 Å². The maximum Gasteiger partial charge on any atom is 0.396 e. The molecule has 0 fully saturated rings. The van der Waals surface area contributed by atoms with E-state index < -0.39 is 16.2 Å². The lowest BCUT2D eigenvalue weighted by Gasteiger charge is -2.08. The number of aryl methyl sites for hydroxylation is 1. The van der Waals surface area contributed by atoms with Gasteiger partial charge < -0.3 is 4.74 Å². The summed E-state index contributed by atoms with van der Waals surface area (Å²) in [6, 6.07) is 11.9. The van der Waals surface area contributed by atoms with Gasteiger partial charge in [0.15, 0.2) is 0 Å². The van der Waals surface area contributed by atoms with Gasteiger partial charge in [0.2, 0.25) is 0 Å². The number of hydrogen-bond donors (Lipinski definition) is 0. The van der Waals surface area contributed by atoms with Crippen LogP contribution in [-0.4, -0.2) is 14.3 Å². The molecule has 0 radical (unpaired) electrons. The van der Waals surface area contributed by atoms with Crippen LogP contribution in [0.25, 0.3) is 5.65 Å². The molecule has 2 heterocycles. The Kier molecular flexibility index (Phi) is 3.30. The van der Waals surface area contributed by atoms with Crippen molar-refractivity contribution in [2.24, 2.45) is 0 Å². The first-order chi connectivity index (χ1) is 10.6. The van der Waals surface area contributed by atoms with Gasteiger partial charge in [-0.2, -0.15) is 4.98 Å². The van der Waals surface area contributed by atoms with Crippen LogP contribution < -0.4 is 10.3 Å². The van der Waals surface area contributed by atoms with E-state index in [0.29, 0.717) is 5.75 Å². The zero-order chi connectivity index (χ0) is 15.7. The first kappa shape index (κ1) is 13.7. The van der Waals surface area contributed by atoms with Gasteiger partial charge in [-0.05, 0) is 30.7 Å². The molecule has 0 amide bonds. The molecule has 3 aromatic rings. The predicted molar refractivity (Wildman–Crippen MR) is 79.4 cm³/mol. The molecule has 7 nitrogen and oxygen atoms in total. The van der Waals surface area contributed by atoms with Gasteiger partial charge in [-0.1, -0.05) is 24.3 Å². The molecule has 110 valence electrons. The fourth-order valence-corrected chi connectivity index (χ4v) is 2.06. The number of fused-ring (bicyclic) bond motifs is 1. The minimum atomic E-state index is -0.779. The minimum Gasteiger partial charge on any atom is -0.433 e. The third-order valence-corrected chi connectivity index (χ3v) is 3.16. The summed E-state index contributed by atoms with van der Waals surface area (Å²) in [6.07, 6.45) is 1.43. The predicted octanol–water partition coefficient (Wildman–Crippen LogP) is 2.70. The molecule has 0 bridgehead atoms. The first-order valence-corrected chi connectivity index (χ1v) is 6.47. The first-order valence-electron chi connectivity index (χ1n) is 6.47. The molecule has 0 aliphatic rings.